The Morgan fingerprint density at radius 3 is 3.08 bits per heavy atom. The molecule has 0 unspecified atom stereocenters. The minimum atomic E-state index is 0.948. The summed E-state index contributed by atoms with van der Waals surface area (Å²) < 4.78 is 0. The quantitative estimate of drug-likeness (QED) is 0.556. The first-order valence-corrected chi connectivity index (χ1v) is 3.96. The Kier molecular flexibility index (Phi) is 1.14. The van der Waals surface area contributed by atoms with Gasteiger partial charge >= 0.3 is 0 Å². The molecule has 3 rings (SSSR count). The van der Waals surface area contributed by atoms with E-state index in [9.17, 15) is 0 Å². The number of rotatable bonds is 0. The molecule has 62 valence electrons. The van der Waals surface area contributed by atoms with Crippen LogP contribution in [0.25, 0.3) is 21.8 Å². The number of hydrogen-bond acceptors (Lipinski definition) is 3. The first-order chi connectivity index (χ1) is 6.43. The highest BCUT2D eigenvalue weighted by Gasteiger charge is 1.98. The number of benzene rings is 1. The van der Waals surface area contributed by atoms with E-state index in [2.05, 4.69) is 20.2 Å². The molecule has 0 spiro atoms. The number of nitrogens with one attached hydrogen (secondary N) is 1. The highest BCUT2D eigenvalue weighted by Crippen LogP contribution is 2.17. The maximum Gasteiger partial charge on any atom is 0.116 e. The van der Waals surface area contributed by atoms with Gasteiger partial charge in [0, 0.05) is 17.0 Å². The van der Waals surface area contributed by atoms with E-state index < -0.39 is 0 Å². The van der Waals surface area contributed by atoms with Crippen LogP contribution < -0.4 is 0 Å². The summed E-state index contributed by atoms with van der Waals surface area (Å²) in [5, 5.41) is 8.96. The Balaban J connectivity index is 2.57. The number of hydrogen-bond donors (Lipinski definition) is 1. The molecular formula is C9H6N4. The van der Waals surface area contributed by atoms with Gasteiger partial charge in [0.2, 0.25) is 0 Å². The number of H-pyrrole nitrogens is 1. The van der Waals surface area contributed by atoms with Crippen LogP contribution in [0.2, 0.25) is 0 Å². The SMILES string of the molecule is c1ncc2cc3[nH]ncc3cc2n1. The normalized spacial score (nSPS) is 11.1. The number of fused-ring (bicyclic) bond motifs is 2. The van der Waals surface area contributed by atoms with E-state index in [0.717, 1.165) is 21.8 Å². The van der Waals surface area contributed by atoms with Gasteiger partial charge in [0.05, 0.1) is 17.2 Å². The van der Waals surface area contributed by atoms with Gasteiger partial charge in [-0.25, -0.2) is 9.97 Å². The second kappa shape index (κ2) is 2.26. The molecule has 2 heterocycles. The Morgan fingerprint density at radius 2 is 2.08 bits per heavy atom. The smallest absolute Gasteiger partial charge is 0.116 e. The fourth-order valence-corrected chi connectivity index (χ4v) is 1.42. The van der Waals surface area contributed by atoms with Gasteiger partial charge < -0.3 is 0 Å². The first kappa shape index (κ1) is 6.54. The molecule has 0 fully saturated rings. The van der Waals surface area contributed by atoms with E-state index in [1.807, 2.05) is 12.1 Å². The van der Waals surface area contributed by atoms with E-state index in [1.165, 1.54) is 0 Å². The summed E-state index contributed by atoms with van der Waals surface area (Å²) in [4.78, 5) is 8.12. The molecule has 1 N–H and O–H groups in total. The van der Waals surface area contributed by atoms with Crippen molar-refractivity contribution in [3.63, 3.8) is 0 Å². The molecule has 4 heteroatoms. The van der Waals surface area contributed by atoms with Crippen molar-refractivity contribution in [2.45, 2.75) is 0 Å². The van der Waals surface area contributed by atoms with E-state index in [0.29, 0.717) is 0 Å². The van der Waals surface area contributed by atoms with Crippen molar-refractivity contribution in [2.24, 2.45) is 0 Å². The number of nitrogens with zero attached hydrogens (tertiary/aromatic N) is 3. The molecule has 0 aliphatic rings. The highest BCUT2D eigenvalue weighted by atomic mass is 15.1. The Morgan fingerprint density at radius 1 is 1.08 bits per heavy atom. The molecule has 0 aliphatic carbocycles. The number of aromatic amines is 1. The van der Waals surface area contributed by atoms with Crippen molar-refractivity contribution >= 4 is 21.8 Å². The second-order valence-electron chi connectivity index (χ2n) is 2.89. The van der Waals surface area contributed by atoms with Crippen LogP contribution in [0.15, 0.2) is 30.9 Å². The van der Waals surface area contributed by atoms with Crippen LogP contribution in [-0.4, -0.2) is 20.2 Å². The van der Waals surface area contributed by atoms with Gasteiger partial charge in [0.1, 0.15) is 6.33 Å². The Labute approximate surface area is 73.6 Å². The highest BCUT2D eigenvalue weighted by molar-refractivity contribution is 5.93. The molecule has 13 heavy (non-hydrogen) atoms. The summed E-state index contributed by atoms with van der Waals surface area (Å²) in [6.07, 6.45) is 5.13. The summed E-state index contributed by atoms with van der Waals surface area (Å²) >= 11 is 0. The third-order valence-electron chi connectivity index (χ3n) is 2.06. The Bertz CT molecular complexity index is 520. The van der Waals surface area contributed by atoms with Gasteiger partial charge in [-0.15, -0.1) is 0 Å². The lowest BCUT2D eigenvalue weighted by atomic mass is 10.2. The van der Waals surface area contributed by atoms with E-state index in [1.54, 1.807) is 18.7 Å². The molecule has 0 amide bonds. The largest absolute Gasteiger partial charge is 0.278 e. The fraction of sp³-hybridized carbons (Fsp3) is 0. The molecule has 0 atom stereocenters. The van der Waals surface area contributed by atoms with Crippen molar-refractivity contribution < 1.29 is 0 Å². The van der Waals surface area contributed by atoms with Gasteiger partial charge in [0.15, 0.2) is 0 Å². The van der Waals surface area contributed by atoms with Crippen molar-refractivity contribution in [1.82, 2.24) is 20.2 Å². The zero-order chi connectivity index (χ0) is 8.67. The second-order valence-corrected chi connectivity index (χ2v) is 2.89. The van der Waals surface area contributed by atoms with Crippen LogP contribution in [0.3, 0.4) is 0 Å². The third kappa shape index (κ3) is 0.885. The zero-order valence-electron chi connectivity index (χ0n) is 6.73. The summed E-state index contributed by atoms with van der Waals surface area (Å²) in [5.41, 5.74) is 1.96. The summed E-state index contributed by atoms with van der Waals surface area (Å²) in [6.45, 7) is 0. The average molecular weight is 170 g/mol. The molecule has 2 aromatic heterocycles. The maximum absolute atomic E-state index is 4.16. The molecule has 4 nitrogen and oxygen atoms in total. The topological polar surface area (TPSA) is 54.5 Å². The molecular weight excluding hydrogens is 164 g/mol. The molecule has 0 radical (unpaired) electrons. The first-order valence-electron chi connectivity index (χ1n) is 3.96. The third-order valence-corrected chi connectivity index (χ3v) is 2.06. The van der Waals surface area contributed by atoms with Gasteiger partial charge in [0.25, 0.3) is 0 Å². The predicted molar refractivity (Wildman–Crippen MR) is 49.2 cm³/mol. The fourth-order valence-electron chi connectivity index (χ4n) is 1.42. The minimum absolute atomic E-state index is 0.948. The molecule has 0 bridgehead atoms. The maximum atomic E-state index is 4.16. The lowest BCUT2D eigenvalue weighted by molar-refractivity contribution is 1.12. The molecule has 0 saturated heterocycles. The van der Waals surface area contributed by atoms with Crippen LogP contribution >= 0.6 is 0 Å². The predicted octanol–water partition coefficient (Wildman–Crippen LogP) is 1.51. The van der Waals surface area contributed by atoms with Gasteiger partial charge in [-0.2, -0.15) is 5.10 Å². The Hall–Kier alpha value is -1.97. The molecule has 1 aromatic carbocycles. The van der Waals surface area contributed by atoms with Crippen LogP contribution in [0, 0.1) is 0 Å². The van der Waals surface area contributed by atoms with Gasteiger partial charge in [-0.1, -0.05) is 0 Å². The lowest BCUT2D eigenvalue weighted by Crippen LogP contribution is -1.80. The van der Waals surface area contributed by atoms with Crippen LogP contribution in [0.1, 0.15) is 0 Å². The molecule has 3 aromatic rings. The van der Waals surface area contributed by atoms with E-state index >= 15 is 0 Å². The van der Waals surface area contributed by atoms with Crippen molar-refractivity contribution in [3.8, 4) is 0 Å². The number of aromatic nitrogens is 4. The molecule has 0 aliphatic heterocycles. The lowest BCUT2D eigenvalue weighted by Gasteiger charge is -1.94. The van der Waals surface area contributed by atoms with E-state index in [-0.39, 0.29) is 0 Å². The zero-order valence-corrected chi connectivity index (χ0v) is 6.73. The van der Waals surface area contributed by atoms with Crippen molar-refractivity contribution in [2.75, 3.05) is 0 Å². The average Bonchev–Trinajstić information content (AvgIpc) is 2.61. The van der Waals surface area contributed by atoms with Crippen LogP contribution in [0.5, 0.6) is 0 Å². The minimum Gasteiger partial charge on any atom is -0.278 e. The van der Waals surface area contributed by atoms with Crippen LogP contribution in [0.4, 0.5) is 0 Å². The van der Waals surface area contributed by atoms with Crippen molar-refractivity contribution in [3.05, 3.63) is 30.9 Å². The van der Waals surface area contributed by atoms with E-state index in [4.69, 9.17) is 0 Å². The van der Waals surface area contributed by atoms with Gasteiger partial charge in [-0.3, -0.25) is 5.10 Å². The van der Waals surface area contributed by atoms with Gasteiger partial charge in [-0.05, 0) is 12.1 Å². The monoisotopic (exact) mass is 170 g/mol. The summed E-state index contributed by atoms with van der Waals surface area (Å²) in [7, 11) is 0. The van der Waals surface area contributed by atoms with Crippen LogP contribution in [-0.2, 0) is 0 Å². The standard InChI is InChI=1S/C9H6N4/c1-7-4-12-13-9(7)2-6-3-10-5-11-8(1)6/h1-5H,(H,12,13). The van der Waals surface area contributed by atoms with Crippen molar-refractivity contribution in [1.29, 1.82) is 0 Å². The molecule has 0 saturated carbocycles. The summed E-state index contributed by atoms with van der Waals surface area (Å²) in [5.74, 6) is 0. The summed E-state index contributed by atoms with van der Waals surface area (Å²) in [6, 6.07) is 3.99.